The van der Waals surface area contributed by atoms with Crippen LogP contribution in [0.4, 0.5) is 11.4 Å². The van der Waals surface area contributed by atoms with Gasteiger partial charge in [-0.05, 0) is 19.9 Å². The Morgan fingerprint density at radius 1 is 1.44 bits per heavy atom. The van der Waals surface area contributed by atoms with Crippen molar-refractivity contribution < 1.29 is 4.74 Å². The second-order valence-electron chi connectivity index (χ2n) is 3.96. The molecule has 0 saturated heterocycles. The summed E-state index contributed by atoms with van der Waals surface area (Å²) in [6, 6.07) is 5.82. The lowest BCUT2D eigenvalue weighted by atomic mass is 10.2. The van der Waals surface area contributed by atoms with Gasteiger partial charge in [0.15, 0.2) is 0 Å². The summed E-state index contributed by atoms with van der Waals surface area (Å²) in [7, 11) is 0. The molecule has 3 N–H and O–H groups in total. The number of nitrogens with two attached hydrogens (primary N) is 1. The fourth-order valence-corrected chi connectivity index (χ4v) is 2.36. The van der Waals surface area contributed by atoms with Gasteiger partial charge in [-0.2, -0.15) is 0 Å². The number of nitrogen functional groups attached to an aromatic ring is 1. The van der Waals surface area contributed by atoms with Gasteiger partial charge >= 0.3 is 0 Å². The molecule has 0 amide bonds. The van der Waals surface area contributed by atoms with Crippen molar-refractivity contribution in [1.29, 1.82) is 0 Å². The third kappa shape index (κ3) is 3.13. The molecule has 0 aliphatic carbocycles. The highest BCUT2D eigenvalue weighted by atomic mass is 32.1. The van der Waals surface area contributed by atoms with E-state index in [9.17, 15) is 0 Å². The summed E-state index contributed by atoms with van der Waals surface area (Å²) in [5, 5.41) is 6.39. The summed E-state index contributed by atoms with van der Waals surface area (Å²) in [6.07, 6.45) is 1.81. The Balaban J connectivity index is 2.13. The minimum absolute atomic E-state index is 0.154. The predicted octanol–water partition coefficient (Wildman–Crippen LogP) is 3.30. The van der Waals surface area contributed by atoms with E-state index in [1.165, 1.54) is 0 Å². The van der Waals surface area contributed by atoms with Crippen LogP contribution in [0.15, 0.2) is 29.8 Å². The van der Waals surface area contributed by atoms with Gasteiger partial charge in [0.05, 0.1) is 12.6 Å². The van der Waals surface area contributed by atoms with E-state index >= 15 is 0 Å². The molecule has 4 nitrogen and oxygen atoms in total. The zero-order valence-electron chi connectivity index (χ0n) is 10.5. The maximum absolute atomic E-state index is 5.85. The summed E-state index contributed by atoms with van der Waals surface area (Å²) >= 11 is 1.63. The quantitative estimate of drug-likeness (QED) is 0.813. The molecule has 2 aromatic rings. The second-order valence-corrected chi connectivity index (χ2v) is 4.89. The van der Waals surface area contributed by atoms with Crippen molar-refractivity contribution in [3.05, 3.63) is 34.8 Å². The summed E-state index contributed by atoms with van der Waals surface area (Å²) < 4.78 is 5.47. The van der Waals surface area contributed by atoms with E-state index in [-0.39, 0.29) is 6.04 Å². The second kappa shape index (κ2) is 5.73. The standard InChI is InChI=1S/C13H17N3OS/c1-3-17-12-7-10(14)6-11(8-12)16-9(2)13-15-4-5-18-13/h4-9,16H,3,14H2,1-2H3. The van der Waals surface area contributed by atoms with Crippen LogP contribution in [0, 0.1) is 0 Å². The number of aromatic nitrogens is 1. The molecule has 0 aliphatic heterocycles. The number of hydrogen-bond donors (Lipinski definition) is 2. The molecule has 0 spiro atoms. The molecule has 1 atom stereocenters. The minimum Gasteiger partial charge on any atom is -0.494 e. The van der Waals surface area contributed by atoms with E-state index in [0.29, 0.717) is 12.3 Å². The Morgan fingerprint density at radius 2 is 2.28 bits per heavy atom. The Kier molecular flexibility index (Phi) is 4.04. The molecule has 1 heterocycles. The minimum atomic E-state index is 0.154. The van der Waals surface area contributed by atoms with Gasteiger partial charge < -0.3 is 15.8 Å². The molecule has 0 bridgehead atoms. The van der Waals surface area contributed by atoms with Crippen LogP contribution in [-0.4, -0.2) is 11.6 Å². The average Bonchev–Trinajstić information content (AvgIpc) is 2.81. The number of rotatable bonds is 5. The Labute approximate surface area is 111 Å². The maximum atomic E-state index is 5.85. The molecule has 5 heteroatoms. The molecular formula is C13H17N3OS. The van der Waals surface area contributed by atoms with E-state index in [0.717, 1.165) is 16.4 Å². The summed E-state index contributed by atoms with van der Waals surface area (Å²) in [5.41, 5.74) is 7.49. The van der Waals surface area contributed by atoms with Crippen molar-refractivity contribution in [2.75, 3.05) is 17.7 Å². The van der Waals surface area contributed by atoms with Crippen LogP contribution in [0.2, 0.25) is 0 Å². The lowest BCUT2D eigenvalue weighted by Crippen LogP contribution is -2.06. The SMILES string of the molecule is CCOc1cc(N)cc(NC(C)c2nccs2)c1. The van der Waals surface area contributed by atoms with Crippen LogP contribution in [0.3, 0.4) is 0 Å². The van der Waals surface area contributed by atoms with Crippen LogP contribution >= 0.6 is 11.3 Å². The highest BCUT2D eigenvalue weighted by Crippen LogP contribution is 2.26. The number of ether oxygens (including phenoxy) is 1. The number of anilines is 2. The Hall–Kier alpha value is -1.75. The van der Waals surface area contributed by atoms with Crippen LogP contribution in [-0.2, 0) is 0 Å². The van der Waals surface area contributed by atoms with Gasteiger partial charge in [0.25, 0.3) is 0 Å². The van der Waals surface area contributed by atoms with Crippen molar-refractivity contribution in [2.45, 2.75) is 19.9 Å². The fourth-order valence-electron chi connectivity index (χ4n) is 1.72. The maximum Gasteiger partial charge on any atom is 0.123 e. The smallest absolute Gasteiger partial charge is 0.123 e. The molecule has 0 radical (unpaired) electrons. The fraction of sp³-hybridized carbons (Fsp3) is 0.308. The normalized spacial score (nSPS) is 12.1. The third-order valence-corrected chi connectivity index (χ3v) is 3.40. The third-order valence-electron chi connectivity index (χ3n) is 2.44. The average molecular weight is 263 g/mol. The molecular weight excluding hydrogens is 246 g/mol. The number of nitrogens with zero attached hydrogens (tertiary/aromatic N) is 1. The zero-order valence-corrected chi connectivity index (χ0v) is 11.3. The van der Waals surface area contributed by atoms with Crippen molar-refractivity contribution in [2.24, 2.45) is 0 Å². The number of thiazole rings is 1. The first-order chi connectivity index (χ1) is 8.69. The van der Waals surface area contributed by atoms with Gasteiger partial charge in [0.2, 0.25) is 0 Å². The first-order valence-electron chi connectivity index (χ1n) is 5.88. The van der Waals surface area contributed by atoms with Crippen LogP contribution in [0.1, 0.15) is 24.9 Å². The van der Waals surface area contributed by atoms with E-state index in [4.69, 9.17) is 10.5 Å². The Morgan fingerprint density at radius 3 is 2.94 bits per heavy atom. The molecule has 0 fully saturated rings. The van der Waals surface area contributed by atoms with Crippen molar-refractivity contribution >= 4 is 22.7 Å². The van der Waals surface area contributed by atoms with E-state index in [1.54, 1.807) is 11.3 Å². The van der Waals surface area contributed by atoms with Gasteiger partial charge in [0, 0.05) is 35.1 Å². The molecule has 96 valence electrons. The van der Waals surface area contributed by atoms with E-state index in [1.807, 2.05) is 36.7 Å². The Bertz CT molecular complexity index is 499. The number of benzene rings is 1. The first kappa shape index (κ1) is 12.7. The van der Waals surface area contributed by atoms with Crippen molar-refractivity contribution in [1.82, 2.24) is 4.98 Å². The monoisotopic (exact) mass is 263 g/mol. The lowest BCUT2D eigenvalue weighted by molar-refractivity contribution is 0.340. The highest BCUT2D eigenvalue weighted by molar-refractivity contribution is 7.09. The predicted molar refractivity (Wildman–Crippen MR) is 76.2 cm³/mol. The summed E-state index contributed by atoms with van der Waals surface area (Å²) in [5.74, 6) is 0.784. The van der Waals surface area contributed by atoms with Crippen molar-refractivity contribution in [3.8, 4) is 5.75 Å². The van der Waals surface area contributed by atoms with Gasteiger partial charge in [-0.15, -0.1) is 11.3 Å². The molecule has 18 heavy (non-hydrogen) atoms. The topological polar surface area (TPSA) is 60.2 Å². The number of hydrogen-bond acceptors (Lipinski definition) is 5. The van der Waals surface area contributed by atoms with Gasteiger partial charge in [0.1, 0.15) is 10.8 Å². The van der Waals surface area contributed by atoms with Crippen LogP contribution in [0.5, 0.6) is 5.75 Å². The van der Waals surface area contributed by atoms with E-state index in [2.05, 4.69) is 17.2 Å². The lowest BCUT2D eigenvalue weighted by Gasteiger charge is -2.14. The van der Waals surface area contributed by atoms with Crippen molar-refractivity contribution in [3.63, 3.8) is 0 Å². The summed E-state index contributed by atoms with van der Waals surface area (Å²) in [6.45, 7) is 4.65. The van der Waals surface area contributed by atoms with Crippen LogP contribution < -0.4 is 15.8 Å². The molecule has 2 rings (SSSR count). The largest absolute Gasteiger partial charge is 0.494 e. The van der Waals surface area contributed by atoms with Gasteiger partial charge in [-0.3, -0.25) is 0 Å². The molecule has 0 saturated carbocycles. The van der Waals surface area contributed by atoms with Gasteiger partial charge in [-0.25, -0.2) is 4.98 Å². The molecule has 1 aromatic heterocycles. The van der Waals surface area contributed by atoms with Gasteiger partial charge in [-0.1, -0.05) is 0 Å². The molecule has 1 unspecified atom stereocenters. The highest BCUT2D eigenvalue weighted by Gasteiger charge is 2.08. The summed E-state index contributed by atoms with van der Waals surface area (Å²) in [4.78, 5) is 4.29. The number of nitrogens with one attached hydrogen (secondary N) is 1. The zero-order chi connectivity index (χ0) is 13.0. The van der Waals surface area contributed by atoms with E-state index < -0.39 is 0 Å². The molecule has 0 aliphatic rings. The molecule has 1 aromatic carbocycles. The van der Waals surface area contributed by atoms with Crippen LogP contribution in [0.25, 0.3) is 0 Å². The first-order valence-corrected chi connectivity index (χ1v) is 6.76.